The van der Waals surface area contributed by atoms with E-state index in [4.69, 9.17) is 4.42 Å². The van der Waals surface area contributed by atoms with Crippen LogP contribution < -0.4 is 5.32 Å². The smallest absolute Gasteiger partial charge is 0.181 e. The fourth-order valence-electron chi connectivity index (χ4n) is 2.85. The van der Waals surface area contributed by atoms with E-state index in [-0.39, 0.29) is 0 Å². The zero-order chi connectivity index (χ0) is 11.0. The first-order chi connectivity index (χ1) is 7.81. The Morgan fingerprint density at radius 3 is 3.12 bits per heavy atom. The van der Waals surface area contributed by atoms with E-state index in [1.807, 2.05) is 6.92 Å². The van der Waals surface area contributed by atoms with E-state index in [1.165, 1.54) is 25.8 Å². The van der Waals surface area contributed by atoms with Crippen LogP contribution in [0, 0.1) is 6.92 Å². The van der Waals surface area contributed by atoms with E-state index in [0.717, 1.165) is 30.6 Å². The summed E-state index contributed by atoms with van der Waals surface area (Å²) in [6.07, 6.45) is 5.51. The number of nitrogens with one attached hydrogen (secondary N) is 1. The van der Waals surface area contributed by atoms with Crippen LogP contribution in [-0.4, -0.2) is 35.1 Å². The number of nitrogens with zero attached hydrogens (tertiary/aromatic N) is 2. The number of oxazole rings is 1. The van der Waals surface area contributed by atoms with Gasteiger partial charge in [-0.3, -0.25) is 4.90 Å². The molecule has 2 saturated heterocycles. The Balaban J connectivity index is 1.65. The van der Waals surface area contributed by atoms with Crippen LogP contribution in [0.2, 0.25) is 0 Å². The lowest BCUT2D eigenvalue weighted by molar-refractivity contribution is 0.247. The molecule has 0 aromatic carbocycles. The summed E-state index contributed by atoms with van der Waals surface area (Å²) >= 11 is 0. The first-order valence-corrected chi connectivity index (χ1v) is 6.18. The van der Waals surface area contributed by atoms with E-state index in [2.05, 4.69) is 15.2 Å². The predicted octanol–water partition coefficient (Wildman–Crippen LogP) is 1.31. The molecule has 1 N–H and O–H groups in total. The Morgan fingerprint density at radius 1 is 1.44 bits per heavy atom. The van der Waals surface area contributed by atoms with Crippen molar-refractivity contribution in [3.63, 3.8) is 0 Å². The summed E-state index contributed by atoms with van der Waals surface area (Å²) < 4.78 is 5.25. The highest BCUT2D eigenvalue weighted by molar-refractivity contribution is 5.05. The lowest BCUT2D eigenvalue weighted by Gasteiger charge is -2.22. The van der Waals surface area contributed by atoms with Crippen LogP contribution >= 0.6 is 0 Å². The fourth-order valence-corrected chi connectivity index (χ4v) is 2.85. The molecule has 0 saturated carbocycles. The average Bonchev–Trinajstić information content (AvgIpc) is 2.78. The lowest BCUT2D eigenvalue weighted by Crippen LogP contribution is -2.35. The van der Waals surface area contributed by atoms with Gasteiger partial charge in [-0.2, -0.15) is 0 Å². The van der Waals surface area contributed by atoms with Crippen LogP contribution in [0.25, 0.3) is 0 Å². The predicted molar refractivity (Wildman–Crippen MR) is 61.1 cm³/mol. The standard InChI is InChI=1S/C12H19N3O/c1-9-12(13-8-16-9)7-15-5-4-10-2-3-11(6-15)14-10/h8,10-11,14H,2-7H2,1H3. The van der Waals surface area contributed by atoms with Gasteiger partial charge in [0.25, 0.3) is 0 Å². The number of hydrogen-bond acceptors (Lipinski definition) is 4. The second kappa shape index (κ2) is 4.18. The van der Waals surface area contributed by atoms with Gasteiger partial charge in [-0.25, -0.2) is 4.98 Å². The van der Waals surface area contributed by atoms with Gasteiger partial charge >= 0.3 is 0 Å². The van der Waals surface area contributed by atoms with Crippen molar-refractivity contribution in [2.75, 3.05) is 13.1 Å². The summed E-state index contributed by atoms with van der Waals surface area (Å²) in [5, 5.41) is 3.69. The largest absolute Gasteiger partial charge is 0.448 e. The van der Waals surface area contributed by atoms with E-state index in [9.17, 15) is 0 Å². The summed E-state index contributed by atoms with van der Waals surface area (Å²) in [5.41, 5.74) is 1.10. The van der Waals surface area contributed by atoms with Crippen LogP contribution in [0.1, 0.15) is 30.7 Å². The van der Waals surface area contributed by atoms with E-state index in [0.29, 0.717) is 6.04 Å². The van der Waals surface area contributed by atoms with Crippen molar-refractivity contribution in [1.29, 1.82) is 0 Å². The Morgan fingerprint density at radius 2 is 2.31 bits per heavy atom. The SMILES string of the molecule is Cc1ocnc1CN1CCC2CCC(C1)N2. The molecule has 0 spiro atoms. The zero-order valence-electron chi connectivity index (χ0n) is 9.78. The molecule has 4 nitrogen and oxygen atoms in total. The third kappa shape index (κ3) is 1.99. The van der Waals surface area contributed by atoms with Gasteiger partial charge < -0.3 is 9.73 Å². The number of aryl methyl sites for hydroxylation is 1. The monoisotopic (exact) mass is 221 g/mol. The molecule has 1 aromatic rings. The third-order valence-electron chi connectivity index (χ3n) is 3.83. The van der Waals surface area contributed by atoms with Crippen molar-refractivity contribution in [2.45, 2.75) is 44.8 Å². The molecule has 16 heavy (non-hydrogen) atoms. The van der Waals surface area contributed by atoms with Crippen molar-refractivity contribution < 1.29 is 4.42 Å². The maximum atomic E-state index is 5.25. The van der Waals surface area contributed by atoms with Crippen molar-refractivity contribution >= 4 is 0 Å². The third-order valence-corrected chi connectivity index (χ3v) is 3.83. The van der Waals surface area contributed by atoms with Gasteiger partial charge in [-0.15, -0.1) is 0 Å². The minimum absolute atomic E-state index is 0.694. The zero-order valence-corrected chi connectivity index (χ0v) is 9.78. The summed E-state index contributed by atoms with van der Waals surface area (Å²) in [4.78, 5) is 6.78. The molecule has 2 aliphatic heterocycles. The highest BCUT2D eigenvalue weighted by Gasteiger charge is 2.29. The fraction of sp³-hybridized carbons (Fsp3) is 0.750. The Bertz CT molecular complexity index is 363. The molecule has 1 aromatic heterocycles. The summed E-state index contributed by atoms with van der Waals surface area (Å²) in [6, 6.07) is 1.45. The van der Waals surface area contributed by atoms with Gasteiger partial charge in [0.1, 0.15) is 5.76 Å². The second-order valence-corrected chi connectivity index (χ2v) is 5.02. The molecular formula is C12H19N3O. The molecule has 4 heteroatoms. The van der Waals surface area contributed by atoms with Crippen molar-refractivity contribution in [2.24, 2.45) is 0 Å². The summed E-state index contributed by atoms with van der Waals surface area (Å²) in [5.74, 6) is 0.961. The minimum atomic E-state index is 0.694. The molecular weight excluding hydrogens is 202 g/mol. The van der Waals surface area contributed by atoms with Gasteiger partial charge in [0.05, 0.1) is 5.69 Å². The Kier molecular flexibility index (Phi) is 2.69. The first-order valence-electron chi connectivity index (χ1n) is 6.18. The van der Waals surface area contributed by atoms with Crippen LogP contribution in [0.15, 0.2) is 10.8 Å². The van der Waals surface area contributed by atoms with Crippen molar-refractivity contribution in [1.82, 2.24) is 15.2 Å². The van der Waals surface area contributed by atoms with E-state index < -0.39 is 0 Å². The summed E-state index contributed by atoms with van der Waals surface area (Å²) in [6.45, 7) is 5.26. The van der Waals surface area contributed by atoms with Crippen LogP contribution in [0.3, 0.4) is 0 Å². The summed E-state index contributed by atoms with van der Waals surface area (Å²) in [7, 11) is 0. The number of fused-ring (bicyclic) bond motifs is 2. The lowest BCUT2D eigenvalue weighted by atomic mass is 10.1. The van der Waals surface area contributed by atoms with Gasteiger partial charge in [0.15, 0.2) is 6.39 Å². The van der Waals surface area contributed by atoms with Crippen LogP contribution in [0.5, 0.6) is 0 Å². The molecule has 2 fully saturated rings. The van der Waals surface area contributed by atoms with Gasteiger partial charge in [-0.1, -0.05) is 0 Å². The number of aromatic nitrogens is 1. The highest BCUT2D eigenvalue weighted by Crippen LogP contribution is 2.21. The molecule has 0 amide bonds. The van der Waals surface area contributed by atoms with Gasteiger partial charge in [0, 0.05) is 31.7 Å². The van der Waals surface area contributed by atoms with Crippen molar-refractivity contribution in [3.05, 3.63) is 17.8 Å². The molecule has 2 aliphatic rings. The quantitative estimate of drug-likeness (QED) is 0.817. The molecule has 0 radical (unpaired) electrons. The number of likely N-dealkylation sites (tertiary alicyclic amines) is 1. The van der Waals surface area contributed by atoms with Gasteiger partial charge in [0.2, 0.25) is 0 Å². The first kappa shape index (κ1) is 10.3. The van der Waals surface area contributed by atoms with Crippen molar-refractivity contribution in [3.8, 4) is 0 Å². The Labute approximate surface area is 96.0 Å². The molecule has 2 atom stereocenters. The molecule has 2 bridgehead atoms. The highest BCUT2D eigenvalue weighted by atomic mass is 16.3. The maximum absolute atomic E-state index is 5.25. The van der Waals surface area contributed by atoms with Crippen LogP contribution in [0.4, 0.5) is 0 Å². The molecule has 3 heterocycles. The topological polar surface area (TPSA) is 41.3 Å². The van der Waals surface area contributed by atoms with E-state index in [1.54, 1.807) is 6.39 Å². The molecule has 0 aliphatic carbocycles. The number of hydrogen-bond donors (Lipinski definition) is 1. The normalized spacial score (nSPS) is 30.6. The average molecular weight is 221 g/mol. The molecule has 3 rings (SSSR count). The molecule has 88 valence electrons. The minimum Gasteiger partial charge on any atom is -0.448 e. The maximum Gasteiger partial charge on any atom is 0.181 e. The Hall–Kier alpha value is -0.870. The number of rotatable bonds is 2. The van der Waals surface area contributed by atoms with E-state index >= 15 is 0 Å². The molecule has 2 unspecified atom stereocenters. The second-order valence-electron chi connectivity index (χ2n) is 5.02. The van der Waals surface area contributed by atoms with Crippen LogP contribution in [-0.2, 0) is 6.54 Å². The van der Waals surface area contributed by atoms with Gasteiger partial charge in [-0.05, 0) is 26.2 Å².